The van der Waals surface area contributed by atoms with Crippen LogP contribution in [-0.4, -0.2) is 37.2 Å². The lowest BCUT2D eigenvalue weighted by atomic mass is 10.0. The quantitative estimate of drug-likeness (QED) is 0.0261. The van der Waals surface area contributed by atoms with Gasteiger partial charge in [0.15, 0.2) is 6.10 Å². The minimum atomic E-state index is -0.783. The van der Waals surface area contributed by atoms with Crippen molar-refractivity contribution in [2.45, 2.75) is 348 Å². The van der Waals surface area contributed by atoms with Gasteiger partial charge < -0.3 is 14.2 Å². The fourth-order valence-corrected chi connectivity index (χ4v) is 9.86. The molecule has 0 heterocycles. The summed E-state index contributed by atoms with van der Waals surface area (Å²) in [6.45, 7) is 6.45. The number of rotatable bonds is 62. The molecule has 1 atom stereocenters. The smallest absolute Gasteiger partial charge is 0.306 e. The molecule has 6 heteroatoms. The average molecular weight is 1100 g/mol. The van der Waals surface area contributed by atoms with Crippen LogP contribution in [0.2, 0.25) is 0 Å². The Morgan fingerprint density at radius 2 is 0.494 bits per heavy atom. The van der Waals surface area contributed by atoms with E-state index in [-0.39, 0.29) is 31.1 Å². The van der Waals surface area contributed by atoms with Gasteiger partial charge in [-0.05, 0) is 89.9 Å². The van der Waals surface area contributed by atoms with Gasteiger partial charge in [0.25, 0.3) is 0 Å². The zero-order valence-electron chi connectivity index (χ0n) is 52.4. The molecule has 0 aliphatic heterocycles. The molecule has 1 unspecified atom stereocenters. The van der Waals surface area contributed by atoms with Gasteiger partial charge in [-0.2, -0.15) is 0 Å². The third-order valence-electron chi connectivity index (χ3n) is 14.9. The van der Waals surface area contributed by atoms with E-state index in [1.165, 1.54) is 180 Å². The number of unbranched alkanes of at least 4 members (excludes halogenated alkanes) is 37. The van der Waals surface area contributed by atoms with Crippen LogP contribution in [0.4, 0.5) is 0 Å². The first kappa shape index (κ1) is 75.6. The van der Waals surface area contributed by atoms with Crippen molar-refractivity contribution in [3.63, 3.8) is 0 Å². The largest absolute Gasteiger partial charge is 0.462 e. The summed E-state index contributed by atoms with van der Waals surface area (Å²) in [6, 6.07) is 0. The van der Waals surface area contributed by atoms with Crippen molar-refractivity contribution < 1.29 is 28.6 Å². The molecule has 0 fully saturated rings. The van der Waals surface area contributed by atoms with Gasteiger partial charge >= 0.3 is 17.9 Å². The summed E-state index contributed by atoms with van der Waals surface area (Å²) in [7, 11) is 0. The van der Waals surface area contributed by atoms with Gasteiger partial charge in [-0.3, -0.25) is 14.4 Å². The monoisotopic (exact) mass is 1100 g/mol. The van der Waals surface area contributed by atoms with Crippen molar-refractivity contribution in [3.8, 4) is 0 Å². The van der Waals surface area contributed by atoms with Crippen LogP contribution >= 0.6 is 0 Å². The summed E-state index contributed by atoms with van der Waals surface area (Å²) in [5.41, 5.74) is 0. The number of carbonyl (C=O) groups is 3. The van der Waals surface area contributed by atoms with Crippen LogP contribution in [-0.2, 0) is 28.6 Å². The second-order valence-electron chi connectivity index (χ2n) is 22.7. The average Bonchev–Trinajstić information content (AvgIpc) is 3.45. The number of allylic oxidation sites excluding steroid dienone is 14. The summed E-state index contributed by atoms with van der Waals surface area (Å²) in [5, 5.41) is 0. The lowest BCUT2D eigenvalue weighted by Crippen LogP contribution is -2.30. The molecular formula is C73H128O6. The number of hydrogen-bond donors (Lipinski definition) is 0. The first-order valence-corrected chi connectivity index (χ1v) is 34.1. The first-order valence-electron chi connectivity index (χ1n) is 34.1. The molecule has 0 aliphatic carbocycles. The maximum absolute atomic E-state index is 12.9. The lowest BCUT2D eigenvalue weighted by Gasteiger charge is -2.18. The minimum Gasteiger partial charge on any atom is -0.462 e. The van der Waals surface area contributed by atoms with Crippen molar-refractivity contribution >= 4 is 17.9 Å². The summed E-state index contributed by atoms with van der Waals surface area (Å²) in [6.07, 6.45) is 88.9. The van der Waals surface area contributed by atoms with Gasteiger partial charge in [0.05, 0.1) is 0 Å². The van der Waals surface area contributed by atoms with Gasteiger partial charge in [-0.15, -0.1) is 0 Å². The number of esters is 3. The maximum Gasteiger partial charge on any atom is 0.306 e. The SMILES string of the molecule is CC/C=C\C/C=C\C/C=C\C/C=C\CCCCCCCCCCCCCCCCC(=O)OCC(COC(=O)CCCCCCC/C=C\C/C=C\C/C=C\CC)OC(=O)CCCCCCCCCCCCCCCCCCCCC. The van der Waals surface area contributed by atoms with E-state index < -0.39 is 6.10 Å². The van der Waals surface area contributed by atoms with Crippen molar-refractivity contribution in [2.24, 2.45) is 0 Å². The van der Waals surface area contributed by atoms with Crippen molar-refractivity contribution in [1.29, 1.82) is 0 Å². The second-order valence-corrected chi connectivity index (χ2v) is 22.7. The Morgan fingerprint density at radius 3 is 0.772 bits per heavy atom. The Bertz CT molecular complexity index is 1500. The number of hydrogen-bond acceptors (Lipinski definition) is 6. The molecule has 0 saturated heterocycles. The predicted octanol–water partition coefficient (Wildman–Crippen LogP) is 23.4. The van der Waals surface area contributed by atoms with Crippen LogP contribution in [0, 0.1) is 0 Å². The van der Waals surface area contributed by atoms with E-state index in [1.807, 2.05) is 0 Å². The van der Waals surface area contributed by atoms with Crippen LogP contribution in [0.25, 0.3) is 0 Å². The van der Waals surface area contributed by atoms with Gasteiger partial charge in [-0.1, -0.05) is 318 Å². The molecule has 456 valence electrons. The van der Waals surface area contributed by atoms with Crippen molar-refractivity contribution in [3.05, 3.63) is 85.1 Å². The van der Waals surface area contributed by atoms with E-state index in [1.54, 1.807) is 0 Å². The Labute approximate surface area is 490 Å². The van der Waals surface area contributed by atoms with Crippen LogP contribution in [0.1, 0.15) is 342 Å². The summed E-state index contributed by atoms with van der Waals surface area (Å²) in [5.74, 6) is -0.877. The van der Waals surface area contributed by atoms with Crippen LogP contribution in [0.5, 0.6) is 0 Å². The lowest BCUT2D eigenvalue weighted by molar-refractivity contribution is -0.167. The Kier molecular flexibility index (Phi) is 64.2. The van der Waals surface area contributed by atoms with Crippen molar-refractivity contribution in [2.75, 3.05) is 13.2 Å². The van der Waals surface area contributed by atoms with Gasteiger partial charge in [0.1, 0.15) is 13.2 Å². The highest BCUT2D eigenvalue weighted by atomic mass is 16.6. The molecule has 0 aromatic heterocycles. The topological polar surface area (TPSA) is 78.9 Å². The molecule has 0 aromatic carbocycles. The van der Waals surface area contributed by atoms with E-state index in [2.05, 4.69) is 106 Å². The molecule has 0 aromatic rings. The predicted molar refractivity (Wildman–Crippen MR) is 344 cm³/mol. The van der Waals surface area contributed by atoms with Crippen LogP contribution < -0.4 is 0 Å². The molecule has 0 saturated carbocycles. The Morgan fingerprint density at radius 1 is 0.266 bits per heavy atom. The summed E-state index contributed by atoms with van der Waals surface area (Å²) < 4.78 is 17.0. The highest BCUT2D eigenvalue weighted by molar-refractivity contribution is 5.71. The molecule has 0 bridgehead atoms. The van der Waals surface area contributed by atoms with Gasteiger partial charge in [-0.25, -0.2) is 0 Å². The van der Waals surface area contributed by atoms with Crippen LogP contribution in [0.15, 0.2) is 85.1 Å². The highest BCUT2D eigenvalue weighted by Crippen LogP contribution is 2.18. The zero-order valence-corrected chi connectivity index (χ0v) is 52.4. The molecule has 0 N–H and O–H groups in total. The highest BCUT2D eigenvalue weighted by Gasteiger charge is 2.19. The minimum absolute atomic E-state index is 0.0786. The van der Waals surface area contributed by atoms with E-state index in [9.17, 15) is 14.4 Å². The standard InChI is InChI=1S/C73H128O6/c1-4-7-10-13-16-19-22-25-28-30-32-33-34-35-36-37-38-39-41-42-45-48-51-54-57-60-63-66-72(75)78-69-70(68-77-71(74)65-62-59-56-53-50-47-44-27-24-21-18-15-12-9-6-3)79-73(76)67-64-61-58-55-52-49-46-43-40-31-29-26-23-20-17-14-11-8-5-2/h7,9-10,12,16,18-19,21,25,27-28,32-33,44,70H,4-6,8,11,13-15,17,20,22-24,26,29-31,34-43,45-69H2,1-3H3/b10-7-,12-9-,19-16-,21-18-,28-25-,33-32-,44-27-. The van der Waals surface area contributed by atoms with Gasteiger partial charge in [0, 0.05) is 19.3 Å². The fraction of sp³-hybridized carbons (Fsp3) is 0.767. The summed E-state index contributed by atoms with van der Waals surface area (Å²) >= 11 is 0. The third kappa shape index (κ3) is 65.3. The van der Waals surface area contributed by atoms with Gasteiger partial charge in [0.2, 0.25) is 0 Å². The van der Waals surface area contributed by atoms with E-state index in [4.69, 9.17) is 14.2 Å². The van der Waals surface area contributed by atoms with Crippen molar-refractivity contribution in [1.82, 2.24) is 0 Å². The number of ether oxygens (including phenoxy) is 3. The molecule has 6 nitrogen and oxygen atoms in total. The number of carbonyl (C=O) groups excluding carboxylic acids is 3. The molecular weight excluding hydrogens is 973 g/mol. The molecule has 79 heavy (non-hydrogen) atoms. The molecule has 0 rings (SSSR count). The first-order chi connectivity index (χ1) is 39.0. The molecule has 0 aliphatic rings. The van der Waals surface area contributed by atoms with E-state index in [0.29, 0.717) is 19.3 Å². The normalized spacial score (nSPS) is 12.6. The fourth-order valence-electron chi connectivity index (χ4n) is 9.86. The second kappa shape index (κ2) is 67.1. The molecule has 0 amide bonds. The van der Waals surface area contributed by atoms with E-state index in [0.717, 1.165) is 122 Å². The van der Waals surface area contributed by atoms with E-state index >= 15 is 0 Å². The Hall–Kier alpha value is -3.41. The summed E-state index contributed by atoms with van der Waals surface area (Å²) in [4.78, 5) is 38.4. The molecule has 0 radical (unpaired) electrons. The van der Waals surface area contributed by atoms with Crippen LogP contribution in [0.3, 0.4) is 0 Å². The Balaban J connectivity index is 4.29. The molecule has 0 spiro atoms. The maximum atomic E-state index is 12.9. The zero-order chi connectivity index (χ0) is 57.1. The third-order valence-corrected chi connectivity index (χ3v) is 14.9.